The summed E-state index contributed by atoms with van der Waals surface area (Å²) in [6.07, 6.45) is 1.83. The number of hydrogen-bond acceptors (Lipinski definition) is 4. The summed E-state index contributed by atoms with van der Waals surface area (Å²) < 4.78 is 26.0. The van der Waals surface area contributed by atoms with Gasteiger partial charge in [0.2, 0.25) is 21.8 Å². The van der Waals surface area contributed by atoms with E-state index in [1.807, 2.05) is 45.0 Å². The van der Waals surface area contributed by atoms with E-state index in [2.05, 4.69) is 5.32 Å². The minimum atomic E-state index is -3.71. The SMILES string of the molecule is CC[C@@H](C)NC(=O)[C@@H](C)N(Cc1ccccc1C)C(=O)CN(c1ccccc1)S(C)(=O)=O. The predicted molar refractivity (Wildman–Crippen MR) is 128 cm³/mol. The molecular weight excluding hydrogens is 426 g/mol. The fraction of sp³-hybridized carbons (Fsp3) is 0.417. The number of sulfonamides is 1. The molecule has 0 saturated carbocycles. The summed E-state index contributed by atoms with van der Waals surface area (Å²) in [7, 11) is -3.71. The zero-order valence-corrected chi connectivity index (χ0v) is 20.2. The second kappa shape index (κ2) is 11.1. The largest absolute Gasteiger partial charge is 0.352 e. The molecule has 0 radical (unpaired) electrons. The van der Waals surface area contributed by atoms with Gasteiger partial charge in [-0.2, -0.15) is 0 Å². The Labute approximate surface area is 191 Å². The molecule has 7 nitrogen and oxygen atoms in total. The number of nitrogens with one attached hydrogen (secondary N) is 1. The summed E-state index contributed by atoms with van der Waals surface area (Å²) in [5.41, 5.74) is 2.29. The Morgan fingerprint density at radius 3 is 2.16 bits per heavy atom. The molecule has 0 aromatic heterocycles. The van der Waals surface area contributed by atoms with E-state index < -0.39 is 28.5 Å². The third kappa shape index (κ3) is 6.82. The molecule has 2 rings (SSSR count). The molecule has 0 spiro atoms. The smallest absolute Gasteiger partial charge is 0.244 e. The lowest BCUT2D eigenvalue weighted by molar-refractivity contribution is -0.139. The number of para-hydroxylation sites is 1. The molecule has 8 heteroatoms. The maximum Gasteiger partial charge on any atom is 0.244 e. The first-order chi connectivity index (χ1) is 15.0. The Morgan fingerprint density at radius 1 is 1.00 bits per heavy atom. The number of anilines is 1. The first-order valence-electron chi connectivity index (χ1n) is 10.7. The van der Waals surface area contributed by atoms with Crippen LogP contribution in [0.25, 0.3) is 0 Å². The van der Waals surface area contributed by atoms with Gasteiger partial charge in [-0.15, -0.1) is 0 Å². The van der Waals surface area contributed by atoms with Gasteiger partial charge in [0.25, 0.3) is 0 Å². The quantitative estimate of drug-likeness (QED) is 0.592. The first-order valence-corrected chi connectivity index (χ1v) is 12.6. The molecule has 0 bridgehead atoms. The molecule has 2 aromatic rings. The lowest BCUT2D eigenvalue weighted by atomic mass is 10.1. The Kier molecular flexibility index (Phi) is 8.83. The van der Waals surface area contributed by atoms with E-state index in [4.69, 9.17) is 0 Å². The highest BCUT2D eigenvalue weighted by Crippen LogP contribution is 2.19. The van der Waals surface area contributed by atoms with Crippen molar-refractivity contribution in [3.63, 3.8) is 0 Å². The van der Waals surface area contributed by atoms with E-state index >= 15 is 0 Å². The standard InChI is InChI=1S/C24H33N3O4S/c1-6-19(3)25-24(29)20(4)26(16-21-13-11-10-12-18(21)2)23(28)17-27(32(5,30)31)22-14-8-7-9-15-22/h7-15,19-20H,6,16-17H2,1-5H3,(H,25,29)/t19-,20-/m1/s1. The Bertz CT molecular complexity index is 1020. The van der Waals surface area contributed by atoms with Gasteiger partial charge in [-0.3, -0.25) is 13.9 Å². The van der Waals surface area contributed by atoms with Crippen molar-refractivity contribution < 1.29 is 18.0 Å². The van der Waals surface area contributed by atoms with Gasteiger partial charge in [0, 0.05) is 12.6 Å². The predicted octanol–water partition coefficient (Wildman–Crippen LogP) is 3.09. The van der Waals surface area contributed by atoms with Crippen LogP contribution in [-0.4, -0.2) is 50.0 Å². The van der Waals surface area contributed by atoms with Crippen molar-refractivity contribution in [1.29, 1.82) is 0 Å². The first kappa shape index (κ1) is 25.4. The third-order valence-corrected chi connectivity index (χ3v) is 6.63. The van der Waals surface area contributed by atoms with E-state index in [9.17, 15) is 18.0 Å². The monoisotopic (exact) mass is 459 g/mol. The summed E-state index contributed by atoms with van der Waals surface area (Å²) in [4.78, 5) is 27.7. The normalized spacial score (nSPS) is 13.2. The molecule has 0 fully saturated rings. The lowest BCUT2D eigenvalue weighted by Crippen LogP contribution is -2.52. The van der Waals surface area contributed by atoms with E-state index in [1.54, 1.807) is 37.3 Å². The van der Waals surface area contributed by atoms with Crippen molar-refractivity contribution in [3.8, 4) is 0 Å². The molecule has 2 atom stereocenters. The highest BCUT2D eigenvalue weighted by Gasteiger charge is 2.30. The summed E-state index contributed by atoms with van der Waals surface area (Å²) in [5.74, 6) is -0.721. The van der Waals surface area contributed by atoms with E-state index in [0.29, 0.717) is 5.69 Å². The van der Waals surface area contributed by atoms with Crippen molar-refractivity contribution in [2.45, 2.75) is 52.7 Å². The van der Waals surface area contributed by atoms with Crippen LogP contribution in [0.2, 0.25) is 0 Å². The highest BCUT2D eigenvalue weighted by molar-refractivity contribution is 7.92. The molecule has 0 heterocycles. The molecule has 0 unspecified atom stereocenters. The van der Waals surface area contributed by atoms with Gasteiger partial charge < -0.3 is 10.2 Å². The van der Waals surface area contributed by atoms with Crippen molar-refractivity contribution in [1.82, 2.24) is 10.2 Å². The number of rotatable bonds is 10. The molecule has 174 valence electrons. The zero-order chi connectivity index (χ0) is 23.9. The molecule has 0 aliphatic heterocycles. The molecule has 2 amide bonds. The number of carbonyl (C=O) groups is 2. The van der Waals surface area contributed by atoms with Crippen molar-refractivity contribution in [3.05, 3.63) is 65.7 Å². The van der Waals surface area contributed by atoms with Crippen LogP contribution in [0.3, 0.4) is 0 Å². The summed E-state index contributed by atoms with van der Waals surface area (Å²) in [6.45, 7) is 7.28. The molecule has 0 aliphatic carbocycles. The van der Waals surface area contributed by atoms with Crippen LogP contribution in [0.1, 0.15) is 38.3 Å². The fourth-order valence-corrected chi connectivity index (χ4v) is 4.08. The number of aryl methyl sites for hydroxylation is 1. The number of hydrogen-bond donors (Lipinski definition) is 1. The van der Waals surface area contributed by atoms with Crippen molar-refractivity contribution in [2.75, 3.05) is 17.1 Å². The fourth-order valence-electron chi connectivity index (χ4n) is 3.23. The summed E-state index contributed by atoms with van der Waals surface area (Å²) >= 11 is 0. The summed E-state index contributed by atoms with van der Waals surface area (Å²) in [6, 6.07) is 15.3. The number of benzene rings is 2. The van der Waals surface area contributed by atoms with E-state index in [-0.39, 0.29) is 18.5 Å². The van der Waals surface area contributed by atoms with Crippen molar-refractivity contribution in [2.24, 2.45) is 0 Å². The van der Waals surface area contributed by atoms with Gasteiger partial charge >= 0.3 is 0 Å². The Morgan fingerprint density at radius 2 is 1.59 bits per heavy atom. The van der Waals surface area contributed by atoms with Gasteiger partial charge in [0.1, 0.15) is 12.6 Å². The van der Waals surface area contributed by atoms with Crippen LogP contribution in [0.4, 0.5) is 5.69 Å². The average molecular weight is 460 g/mol. The van der Waals surface area contributed by atoms with Gasteiger partial charge in [-0.05, 0) is 50.5 Å². The molecule has 0 saturated heterocycles. The molecule has 32 heavy (non-hydrogen) atoms. The minimum absolute atomic E-state index is 0.0304. The van der Waals surface area contributed by atoms with Crippen LogP contribution in [0.5, 0.6) is 0 Å². The maximum atomic E-state index is 13.4. The van der Waals surface area contributed by atoms with Crippen LogP contribution in [0.15, 0.2) is 54.6 Å². The van der Waals surface area contributed by atoms with Gasteiger partial charge in [0.15, 0.2) is 0 Å². The van der Waals surface area contributed by atoms with Gasteiger partial charge in [0.05, 0.1) is 11.9 Å². The van der Waals surface area contributed by atoms with Crippen LogP contribution in [0, 0.1) is 6.92 Å². The van der Waals surface area contributed by atoms with Gasteiger partial charge in [-0.1, -0.05) is 49.4 Å². The molecule has 0 aliphatic rings. The number of nitrogens with zero attached hydrogens (tertiary/aromatic N) is 2. The van der Waals surface area contributed by atoms with Crippen LogP contribution in [-0.2, 0) is 26.2 Å². The number of amides is 2. The maximum absolute atomic E-state index is 13.4. The average Bonchev–Trinajstić information content (AvgIpc) is 2.75. The Hall–Kier alpha value is -2.87. The van der Waals surface area contributed by atoms with Crippen molar-refractivity contribution >= 4 is 27.5 Å². The van der Waals surface area contributed by atoms with Crippen LogP contribution < -0.4 is 9.62 Å². The minimum Gasteiger partial charge on any atom is -0.352 e. The summed E-state index contributed by atoms with van der Waals surface area (Å²) in [5, 5.41) is 2.92. The second-order valence-corrected chi connectivity index (χ2v) is 9.95. The molecule has 1 N–H and O–H groups in total. The zero-order valence-electron chi connectivity index (χ0n) is 19.4. The highest BCUT2D eigenvalue weighted by atomic mass is 32.2. The molecule has 2 aromatic carbocycles. The van der Waals surface area contributed by atoms with E-state index in [0.717, 1.165) is 28.1 Å². The lowest BCUT2D eigenvalue weighted by Gasteiger charge is -2.32. The third-order valence-electron chi connectivity index (χ3n) is 5.49. The molecular formula is C24H33N3O4S. The van der Waals surface area contributed by atoms with Crippen LogP contribution >= 0.6 is 0 Å². The number of carbonyl (C=O) groups excluding carboxylic acids is 2. The topological polar surface area (TPSA) is 86.8 Å². The van der Waals surface area contributed by atoms with Gasteiger partial charge in [-0.25, -0.2) is 8.42 Å². The Balaban J connectivity index is 2.37. The van der Waals surface area contributed by atoms with E-state index in [1.165, 1.54) is 4.90 Å². The second-order valence-electron chi connectivity index (χ2n) is 8.05.